The number of aliphatic hydroxyl groups is 1. The maximum Gasteiger partial charge on any atom is 0.276 e. The topological polar surface area (TPSA) is 95.9 Å². The first-order valence-corrected chi connectivity index (χ1v) is 9.36. The molecule has 1 aliphatic heterocycles. The Morgan fingerprint density at radius 1 is 1.15 bits per heavy atom. The van der Waals surface area contributed by atoms with Crippen LogP contribution in [0.1, 0.15) is 12.5 Å². The van der Waals surface area contributed by atoms with E-state index in [9.17, 15) is 18.3 Å². The van der Waals surface area contributed by atoms with Gasteiger partial charge >= 0.3 is 0 Å². The van der Waals surface area contributed by atoms with Crippen LogP contribution < -0.4 is 10.1 Å². The van der Waals surface area contributed by atoms with Gasteiger partial charge in [-0.2, -0.15) is 0 Å². The molecule has 7 nitrogen and oxygen atoms in total. The van der Waals surface area contributed by atoms with Crippen LogP contribution in [0.3, 0.4) is 0 Å². The highest BCUT2D eigenvalue weighted by molar-refractivity contribution is 7.89. The minimum atomic E-state index is -3.92. The Labute approximate surface area is 151 Å². The third-order valence-electron chi connectivity index (χ3n) is 3.96. The SMILES string of the molecule is CCOc1ccc(NC(=O)C2=C(O)c3ccccc3S(=O)(=O)N2C)cc1. The van der Waals surface area contributed by atoms with Crippen molar-refractivity contribution >= 4 is 27.4 Å². The number of carbonyl (C=O) groups excluding carboxylic acids is 1. The van der Waals surface area contributed by atoms with Crippen molar-refractivity contribution in [2.45, 2.75) is 11.8 Å². The number of amides is 1. The summed E-state index contributed by atoms with van der Waals surface area (Å²) in [5, 5.41) is 13.1. The average Bonchev–Trinajstić information content (AvgIpc) is 2.62. The molecular formula is C18H18N2O5S. The predicted molar refractivity (Wildman–Crippen MR) is 97.2 cm³/mol. The molecule has 2 aromatic rings. The molecule has 136 valence electrons. The standard InChI is InChI=1S/C18H18N2O5S/c1-3-25-13-10-8-12(9-11-13)19-18(22)16-17(21)14-6-4-5-7-15(14)26(23,24)20(16)2/h4-11,21H,3H2,1-2H3,(H,19,22). The number of rotatable bonds is 4. The van der Waals surface area contributed by atoms with Crippen LogP contribution in [0, 0.1) is 0 Å². The van der Waals surface area contributed by atoms with E-state index in [1.807, 2.05) is 6.92 Å². The Morgan fingerprint density at radius 2 is 1.81 bits per heavy atom. The van der Waals surface area contributed by atoms with E-state index in [0.717, 1.165) is 4.31 Å². The number of hydrogen-bond acceptors (Lipinski definition) is 5. The molecule has 8 heteroatoms. The highest BCUT2D eigenvalue weighted by Crippen LogP contribution is 2.34. The molecule has 26 heavy (non-hydrogen) atoms. The first-order valence-electron chi connectivity index (χ1n) is 7.92. The molecule has 1 aliphatic rings. The average molecular weight is 374 g/mol. The van der Waals surface area contributed by atoms with Crippen molar-refractivity contribution in [3.63, 3.8) is 0 Å². The van der Waals surface area contributed by atoms with Crippen LogP contribution in [0.5, 0.6) is 5.75 Å². The highest BCUT2D eigenvalue weighted by Gasteiger charge is 2.37. The number of likely N-dealkylation sites (N-methyl/N-ethyl adjacent to an activating group) is 1. The van der Waals surface area contributed by atoms with Crippen molar-refractivity contribution in [2.24, 2.45) is 0 Å². The molecule has 0 spiro atoms. The Hall–Kier alpha value is -3.00. The molecule has 0 aliphatic carbocycles. The number of aliphatic hydroxyl groups excluding tert-OH is 1. The lowest BCUT2D eigenvalue weighted by atomic mass is 10.1. The van der Waals surface area contributed by atoms with Crippen molar-refractivity contribution in [3.8, 4) is 5.75 Å². The van der Waals surface area contributed by atoms with Gasteiger partial charge < -0.3 is 15.2 Å². The lowest BCUT2D eigenvalue weighted by Crippen LogP contribution is -2.37. The lowest BCUT2D eigenvalue weighted by Gasteiger charge is -2.28. The summed E-state index contributed by atoms with van der Waals surface area (Å²) in [6.07, 6.45) is 0. The largest absolute Gasteiger partial charge is 0.505 e. The van der Waals surface area contributed by atoms with Gasteiger partial charge in [0.05, 0.1) is 11.5 Å². The molecule has 1 heterocycles. The molecule has 0 atom stereocenters. The minimum Gasteiger partial charge on any atom is -0.505 e. The number of fused-ring (bicyclic) bond motifs is 1. The number of nitrogens with zero attached hydrogens (tertiary/aromatic N) is 1. The fourth-order valence-electron chi connectivity index (χ4n) is 2.67. The quantitative estimate of drug-likeness (QED) is 0.858. The van der Waals surface area contributed by atoms with Crippen molar-refractivity contribution in [2.75, 3.05) is 19.0 Å². The molecule has 0 radical (unpaired) electrons. The molecule has 1 amide bonds. The predicted octanol–water partition coefficient (Wildman–Crippen LogP) is 2.58. The zero-order valence-electron chi connectivity index (χ0n) is 14.3. The molecule has 2 aromatic carbocycles. The van der Waals surface area contributed by atoms with Crippen LogP contribution in [-0.4, -0.2) is 37.4 Å². The van der Waals surface area contributed by atoms with Gasteiger partial charge in [-0.25, -0.2) is 8.42 Å². The zero-order valence-corrected chi connectivity index (χ0v) is 15.1. The fourth-order valence-corrected chi connectivity index (χ4v) is 4.07. The van der Waals surface area contributed by atoms with Gasteiger partial charge in [0.1, 0.15) is 5.75 Å². The first-order chi connectivity index (χ1) is 12.4. The number of carbonyl (C=O) groups is 1. The van der Waals surface area contributed by atoms with Crippen LogP contribution in [-0.2, 0) is 14.8 Å². The van der Waals surface area contributed by atoms with E-state index in [1.54, 1.807) is 36.4 Å². The Kier molecular flexibility index (Phi) is 4.60. The van der Waals surface area contributed by atoms with Gasteiger partial charge in [-0.3, -0.25) is 9.10 Å². The first kappa shape index (κ1) is 17.8. The fraction of sp³-hybridized carbons (Fsp3) is 0.167. The maximum absolute atomic E-state index is 12.6. The van der Waals surface area contributed by atoms with Gasteiger partial charge in [0.2, 0.25) is 0 Å². The smallest absolute Gasteiger partial charge is 0.276 e. The van der Waals surface area contributed by atoms with E-state index < -0.39 is 15.9 Å². The normalized spacial score (nSPS) is 15.4. The molecule has 3 rings (SSSR count). The zero-order chi connectivity index (χ0) is 18.9. The third kappa shape index (κ3) is 2.99. The maximum atomic E-state index is 12.6. The summed E-state index contributed by atoms with van der Waals surface area (Å²) < 4.78 is 31.4. The second-order valence-corrected chi connectivity index (χ2v) is 7.52. The second-order valence-electron chi connectivity index (χ2n) is 5.58. The van der Waals surface area contributed by atoms with Crippen molar-refractivity contribution in [3.05, 3.63) is 59.8 Å². The van der Waals surface area contributed by atoms with Gasteiger partial charge in [-0.1, -0.05) is 12.1 Å². The van der Waals surface area contributed by atoms with Crippen molar-refractivity contribution in [1.82, 2.24) is 4.31 Å². The van der Waals surface area contributed by atoms with E-state index in [1.165, 1.54) is 19.2 Å². The van der Waals surface area contributed by atoms with Gasteiger partial charge in [-0.15, -0.1) is 0 Å². The molecule has 0 aromatic heterocycles. The van der Waals surface area contributed by atoms with Gasteiger partial charge in [-0.05, 0) is 43.3 Å². The molecule has 0 bridgehead atoms. The van der Waals surface area contributed by atoms with E-state index >= 15 is 0 Å². The number of nitrogens with one attached hydrogen (secondary N) is 1. The molecule has 0 unspecified atom stereocenters. The molecule has 0 fully saturated rings. The summed E-state index contributed by atoms with van der Waals surface area (Å²) in [6, 6.07) is 12.6. The van der Waals surface area contributed by atoms with Crippen LogP contribution in [0.2, 0.25) is 0 Å². The lowest BCUT2D eigenvalue weighted by molar-refractivity contribution is -0.113. The van der Waals surface area contributed by atoms with Gasteiger partial charge in [0.15, 0.2) is 11.5 Å². The van der Waals surface area contributed by atoms with Crippen molar-refractivity contribution in [1.29, 1.82) is 0 Å². The Balaban J connectivity index is 1.96. The van der Waals surface area contributed by atoms with Gasteiger partial charge in [0.25, 0.3) is 15.9 Å². The van der Waals surface area contributed by atoms with E-state index in [0.29, 0.717) is 18.0 Å². The Bertz CT molecular complexity index is 981. The number of ether oxygens (including phenoxy) is 1. The third-order valence-corrected chi connectivity index (χ3v) is 5.77. The van der Waals surface area contributed by atoms with Crippen LogP contribution in [0.15, 0.2) is 59.1 Å². The Morgan fingerprint density at radius 3 is 2.46 bits per heavy atom. The summed E-state index contributed by atoms with van der Waals surface area (Å²) in [5.74, 6) is -0.465. The number of anilines is 1. The highest BCUT2D eigenvalue weighted by atomic mass is 32.2. The van der Waals surface area contributed by atoms with E-state index in [4.69, 9.17) is 4.74 Å². The number of sulfonamides is 1. The van der Waals surface area contributed by atoms with Crippen LogP contribution in [0.4, 0.5) is 5.69 Å². The molecule has 2 N–H and O–H groups in total. The van der Waals surface area contributed by atoms with Crippen LogP contribution in [0.25, 0.3) is 5.76 Å². The minimum absolute atomic E-state index is 0.0439. The monoisotopic (exact) mass is 374 g/mol. The van der Waals surface area contributed by atoms with E-state index in [-0.39, 0.29) is 21.9 Å². The summed E-state index contributed by atoms with van der Waals surface area (Å²) in [7, 11) is -2.69. The van der Waals surface area contributed by atoms with Gasteiger partial charge in [0, 0.05) is 18.3 Å². The van der Waals surface area contributed by atoms with E-state index in [2.05, 4.69) is 5.32 Å². The molecule has 0 saturated heterocycles. The number of benzene rings is 2. The molecular weight excluding hydrogens is 356 g/mol. The summed E-state index contributed by atoms with van der Waals surface area (Å²) in [6.45, 7) is 2.39. The molecule has 0 saturated carbocycles. The summed E-state index contributed by atoms with van der Waals surface area (Å²) in [5.41, 5.74) is 0.212. The van der Waals surface area contributed by atoms with Crippen molar-refractivity contribution < 1.29 is 23.1 Å². The second kappa shape index (κ2) is 6.72. The summed E-state index contributed by atoms with van der Waals surface area (Å²) >= 11 is 0. The van der Waals surface area contributed by atoms with Crippen LogP contribution >= 0.6 is 0 Å². The summed E-state index contributed by atoms with van der Waals surface area (Å²) in [4.78, 5) is 12.6. The number of hydrogen-bond donors (Lipinski definition) is 2.